The van der Waals surface area contributed by atoms with E-state index in [9.17, 15) is 5.26 Å². The summed E-state index contributed by atoms with van der Waals surface area (Å²) in [4.78, 5) is 2.64. The third kappa shape index (κ3) is 3.12. The maximum atomic E-state index is 9.50. The van der Waals surface area contributed by atoms with Crippen LogP contribution >= 0.6 is 0 Å². The normalized spacial score (nSPS) is 23.9. The molecule has 3 heterocycles. The van der Waals surface area contributed by atoms with Gasteiger partial charge in [0.1, 0.15) is 5.60 Å². The number of nitriles is 1. The summed E-state index contributed by atoms with van der Waals surface area (Å²) in [5.41, 5.74) is 7.47. The van der Waals surface area contributed by atoms with Crippen LogP contribution in [0.4, 0.5) is 0 Å². The van der Waals surface area contributed by atoms with E-state index in [-0.39, 0.29) is 5.60 Å². The summed E-state index contributed by atoms with van der Waals surface area (Å²) in [6, 6.07) is 22.3. The third-order valence-corrected chi connectivity index (χ3v) is 7.97. The molecule has 4 heteroatoms. The highest BCUT2D eigenvalue weighted by Crippen LogP contribution is 2.42. The monoisotopic (exact) mass is 445 g/mol. The van der Waals surface area contributed by atoms with Crippen LogP contribution in [0.1, 0.15) is 41.6 Å². The van der Waals surface area contributed by atoms with Gasteiger partial charge in [-0.15, -0.1) is 0 Å². The van der Waals surface area contributed by atoms with Gasteiger partial charge in [0.15, 0.2) is 0 Å². The minimum Gasteiger partial charge on any atom is -0.368 e. The molecule has 0 spiro atoms. The van der Waals surface area contributed by atoms with Gasteiger partial charge in [-0.05, 0) is 65.4 Å². The maximum absolute atomic E-state index is 9.50. The van der Waals surface area contributed by atoms with Gasteiger partial charge >= 0.3 is 0 Å². The van der Waals surface area contributed by atoms with E-state index in [1.165, 1.54) is 43.9 Å². The Kier molecular flexibility index (Phi) is 4.30. The van der Waals surface area contributed by atoms with E-state index in [1.54, 1.807) is 0 Å². The molecule has 168 valence electrons. The molecule has 1 saturated heterocycles. The second-order valence-electron chi connectivity index (χ2n) is 10.3. The molecule has 1 aromatic heterocycles. The van der Waals surface area contributed by atoms with Crippen molar-refractivity contribution in [1.82, 2.24) is 9.47 Å². The van der Waals surface area contributed by atoms with E-state index in [0.717, 1.165) is 44.6 Å². The van der Waals surface area contributed by atoms with E-state index in [4.69, 9.17) is 4.74 Å². The minimum absolute atomic E-state index is 0.0621. The molecule has 2 atom stereocenters. The second kappa shape index (κ2) is 7.30. The zero-order valence-electron chi connectivity index (χ0n) is 19.4. The van der Waals surface area contributed by atoms with Crippen molar-refractivity contribution < 1.29 is 4.74 Å². The first kappa shape index (κ1) is 20.0. The number of aromatic nitrogens is 1. The van der Waals surface area contributed by atoms with Gasteiger partial charge in [-0.1, -0.05) is 42.5 Å². The molecule has 0 saturated carbocycles. The van der Waals surface area contributed by atoms with Gasteiger partial charge in [-0.25, -0.2) is 0 Å². The van der Waals surface area contributed by atoms with Crippen LogP contribution in [0.15, 0.2) is 66.9 Å². The molecule has 4 nitrogen and oxygen atoms in total. The lowest BCUT2D eigenvalue weighted by molar-refractivity contribution is 0.222. The predicted molar refractivity (Wildman–Crippen MR) is 136 cm³/mol. The van der Waals surface area contributed by atoms with Gasteiger partial charge in [0, 0.05) is 41.8 Å². The van der Waals surface area contributed by atoms with Crippen LogP contribution in [-0.4, -0.2) is 34.8 Å². The lowest BCUT2D eigenvalue weighted by Gasteiger charge is -2.32. The number of nitrogens with zero attached hydrogens (tertiary/aromatic N) is 3. The highest BCUT2D eigenvalue weighted by Gasteiger charge is 2.40. The highest BCUT2D eigenvalue weighted by molar-refractivity contribution is 5.94. The van der Waals surface area contributed by atoms with Crippen molar-refractivity contribution in [2.75, 3.05) is 19.7 Å². The number of hydrogen-bond acceptors (Lipinski definition) is 3. The summed E-state index contributed by atoms with van der Waals surface area (Å²) in [6.45, 7) is 5.83. The first-order valence-corrected chi connectivity index (χ1v) is 12.2. The van der Waals surface area contributed by atoms with E-state index in [0.29, 0.717) is 6.04 Å². The molecule has 7 rings (SSSR count). The number of ether oxygens (including phenoxy) is 1. The van der Waals surface area contributed by atoms with Crippen molar-refractivity contribution in [1.29, 1.82) is 5.26 Å². The summed E-state index contributed by atoms with van der Waals surface area (Å²) < 4.78 is 8.00. The summed E-state index contributed by atoms with van der Waals surface area (Å²) in [5, 5.41) is 13.5. The van der Waals surface area contributed by atoms with Crippen LogP contribution in [0.3, 0.4) is 0 Å². The molecule has 0 bridgehead atoms. The molecule has 0 amide bonds. The first-order chi connectivity index (χ1) is 16.6. The number of hydrogen-bond donors (Lipinski definition) is 0. The molecule has 3 aliphatic rings. The predicted octanol–water partition coefficient (Wildman–Crippen LogP) is 5.84. The van der Waals surface area contributed by atoms with Crippen LogP contribution in [0.25, 0.3) is 27.2 Å². The average molecular weight is 446 g/mol. The highest BCUT2D eigenvalue weighted by atomic mass is 16.6. The van der Waals surface area contributed by atoms with Crippen LogP contribution in [0.2, 0.25) is 0 Å². The summed E-state index contributed by atoms with van der Waals surface area (Å²) >= 11 is 0. The number of fused-ring (bicyclic) bond motifs is 1. The molecule has 2 unspecified atom stereocenters. The maximum Gasteiger partial charge on any atom is 0.107 e. The SMILES string of the molecule is CC1(Cn2cc(C3=CCN(C4Cc5cccc6cccc4c56)CC3)c3cc(C#N)ccc32)CO1. The minimum atomic E-state index is -0.0621. The van der Waals surface area contributed by atoms with Crippen molar-refractivity contribution in [2.24, 2.45) is 0 Å². The Balaban J connectivity index is 1.22. The van der Waals surface area contributed by atoms with Gasteiger partial charge in [0.05, 0.1) is 24.8 Å². The van der Waals surface area contributed by atoms with Crippen molar-refractivity contribution in [3.05, 3.63) is 89.1 Å². The van der Waals surface area contributed by atoms with Gasteiger partial charge < -0.3 is 9.30 Å². The third-order valence-electron chi connectivity index (χ3n) is 7.97. The van der Waals surface area contributed by atoms with E-state index in [1.807, 2.05) is 6.07 Å². The van der Waals surface area contributed by atoms with Gasteiger partial charge in [-0.3, -0.25) is 4.90 Å². The molecule has 2 aliphatic heterocycles. The van der Waals surface area contributed by atoms with Gasteiger partial charge in [0.2, 0.25) is 0 Å². The Morgan fingerprint density at radius 2 is 2.00 bits per heavy atom. The molecule has 1 aliphatic carbocycles. The molecule has 0 N–H and O–H groups in total. The molecular weight excluding hydrogens is 418 g/mol. The number of rotatable bonds is 4. The number of benzene rings is 3. The van der Waals surface area contributed by atoms with E-state index >= 15 is 0 Å². The summed E-state index contributed by atoms with van der Waals surface area (Å²) in [5.74, 6) is 0. The molecule has 34 heavy (non-hydrogen) atoms. The average Bonchev–Trinajstić information content (AvgIpc) is 3.32. The lowest BCUT2D eigenvalue weighted by atomic mass is 9.96. The van der Waals surface area contributed by atoms with Crippen molar-refractivity contribution in [3.63, 3.8) is 0 Å². The summed E-state index contributed by atoms with van der Waals surface area (Å²) in [6.07, 6.45) is 6.82. The topological polar surface area (TPSA) is 44.5 Å². The largest absolute Gasteiger partial charge is 0.368 e. The Morgan fingerprint density at radius 1 is 1.15 bits per heavy atom. The van der Waals surface area contributed by atoms with Crippen molar-refractivity contribution in [2.45, 2.75) is 38.0 Å². The Morgan fingerprint density at radius 3 is 2.76 bits per heavy atom. The van der Waals surface area contributed by atoms with Crippen molar-refractivity contribution >= 4 is 27.2 Å². The smallest absolute Gasteiger partial charge is 0.107 e. The van der Waals surface area contributed by atoms with Crippen molar-refractivity contribution in [3.8, 4) is 6.07 Å². The molecule has 3 aromatic carbocycles. The Hall–Kier alpha value is -3.39. The molecular formula is C30H27N3O. The summed E-state index contributed by atoms with van der Waals surface area (Å²) in [7, 11) is 0. The van der Waals surface area contributed by atoms with Gasteiger partial charge in [-0.2, -0.15) is 5.26 Å². The van der Waals surface area contributed by atoms with Crippen LogP contribution in [-0.2, 0) is 17.7 Å². The van der Waals surface area contributed by atoms with Crippen LogP contribution in [0, 0.1) is 11.3 Å². The lowest BCUT2D eigenvalue weighted by Crippen LogP contribution is -2.32. The molecule has 1 fully saturated rings. The zero-order valence-corrected chi connectivity index (χ0v) is 19.4. The standard InChI is InChI=1S/C30H27N3O/c1-30(19-34-30)18-33-17-26(25-14-20(16-31)8-9-27(25)33)21-10-12-32(13-11-21)28-15-23-6-2-4-22-5-3-7-24(28)29(22)23/h2-10,14,17,28H,11-13,15,18-19H2,1H3. The first-order valence-electron chi connectivity index (χ1n) is 12.2. The fourth-order valence-electron chi connectivity index (χ4n) is 6.08. The quantitative estimate of drug-likeness (QED) is 0.371. The van der Waals surface area contributed by atoms with E-state index in [2.05, 4.69) is 83.3 Å². The fourth-order valence-corrected chi connectivity index (χ4v) is 6.08. The Labute approximate surface area is 199 Å². The molecule has 4 aromatic rings. The van der Waals surface area contributed by atoms with Crippen LogP contribution in [0.5, 0.6) is 0 Å². The van der Waals surface area contributed by atoms with Crippen LogP contribution < -0.4 is 0 Å². The fraction of sp³-hybridized carbons (Fsp3) is 0.300. The number of epoxide rings is 1. The Bertz CT molecular complexity index is 1530. The van der Waals surface area contributed by atoms with E-state index < -0.39 is 0 Å². The van der Waals surface area contributed by atoms with Gasteiger partial charge in [0.25, 0.3) is 0 Å². The molecule has 0 radical (unpaired) electrons. The second-order valence-corrected chi connectivity index (χ2v) is 10.3. The zero-order chi connectivity index (χ0) is 22.9.